The van der Waals surface area contributed by atoms with E-state index in [1.165, 1.54) is 90.5 Å². The molecule has 3 heteroatoms. The number of hydrogen-bond acceptors (Lipinski definition) is 0. The maximum absolute atomic E-state index is 3.72. The van der Waals surface area contributed by atoms with Crippen molar-refractivity contribution in [1.29, 1.82) is 0 Å². The fraction of sp³-hybridized carbons (Fsp3) is 0.400. The average molecular weight is 819 g/mol. The molecule has 0 heterocycles. The second-order valence-corrected chi connectivity index (χ2v) is 19.5. The van der Waals surface area contributed by atoms with Crippen molar-refractivity contribution in [2.45, 2.75) is 97.8 Å². The predicted molar refractivity (Wildman–Crippen MR) is 216 cm³/mol. The van der Waals surface area contributed by atoms with E-state index in [2.05, 4.69) is 170 Å². The molecule has 1 unspecified atom stereocenters. The monoisotopic (exact) mass is 816 g/mol. The Hall–Kier alpha value is -2.44. The third-order valence-electron chi connectivity index (χ3n) is 12.1. The van der Waals surface area contributed by atoms with E-state index in [0.717, 1.165) is 17.8 Å². The van der Waals surface area contributed by atoms with Gasteiger partial charge in [0, 0.05) is 0 Å². The van der Waals surface area contributed by atoms with Gasteiger partial charge in [0.25, 0.3) is 0 Å². The molecule has 4 fully saturated rings. The molecule has 0 nitrogen and oxygen atoms in total. The SMILES string of the molecule is CC(C)(C)c1ccc2c(c1)[cH-]c1cc(C(C)(C)C)ccc12.CC1[C-]=C(C23CC4CC(CC(C4)C2)C3)C=C1.[Cl-].[Cl-].[Zr+2]=[C](c1ccccc1)c1ccccc1. The van der Waals surface area contributed by atoms with E-state index in [0.29, 0.717) is 11.3 Å². The van der Waals surface area contributed by atoms with E-state index in [9.17, 15) is 0 Å². The van der Waals surface area contributed by atoms with Crippen molar-refractivity contribution in [2.75, 3.05) is 0 Å². The van der Waals surface area contributed by atoms with E-state index in [1.807, 2.05) is 0 Å². The summed E-state index contributed by atoms with van der Waals surface area (Å²) in [6.45, 7) is 15.9. The summed E-state index contributed by atoms with van der Waals surface area (Å²) in [5.41, 5.74) is 8.05. The molecular formula is C50H56Cl2Zr-2. The van der Waals surface area contributed by atoms with Gasteiger partial charge >= 0.3 is 99.2 Å². The van der Waals surface area contributed by atoms with Crippen LogP contribution in [0.3, 0.4) is 0 Å². The summed E-state index contributed by atoms with van der Waals surface area (Å²) in [4.78, 5) is 0. The molecule has 5 aromatic carbocycles. The van der Waals surface area contributed by atoms with Gasteiger partial charge in [-0.05, 0) is 72.5 Å². The van der Waals surface area contributed by atoms with E-state index < -0.39 is 0 Å². The van der Waals surface area contributed by atoms with E-state index in [1.54, 1.807) is 24.8 Å². The molecule has 0 N–H and O–H groups in total. The zero-order valence-corrected chi connectivity index (χ0v) is 36.7. The fourth-order valence-electron chi connectivity index (χ4n) is 9.68. The molecule has 0 spiro atoms. The number of allylic oxidation sites excluding steroid dienone is 4. The van der Waals surface area contributed by atoms with Crippen LogP contribution in [-0.4, -0.2) is 3.21 Å². The van der Waals surface area contributed by atoms with Gasteiger partial charge < -0.3 is 24.8 Å². The molecule has 0 amide bonds. The quantitative estimate of drug-likeness (QED) is 0.169. The van der Waals surface area contributed by atoms with Gasteiger partial charge in [0.2, 0.25) is 0 Å². The van der Waals surface area contributed by atoms with Crippen LogP contribution >= 0.6 is 0 Å². The van der Waals surface area contributed by atoms with Crippen molar-refractivity contribution in [3.63, 3.8) is 0 Å². The molecule has 276 valence electrons. The van der Waals surface area contributed by atoms with Gasteiger partial charge in [-0.1, -0.05) is 89.8 Å². The van der Waals surface area contributed by atoms with Crippen LogP contribution in [0.15, 0.2) is 121 Å². The molecule has 4 bridgehead atoms. The van der Waals surface area contributed by atoms with Crippen LogP contribution in [0, 0.1) is 35.2 Å². The Labute approximate surface area is 347 Å². The Kier molecular flexibility index (Phi) is 13.2. The first-order valence-corrected chi connectivity index (χ1v) is 20.7. The molecule has 0 aromatic heterocycles. The molecular weight excluding hydrogens is 763 g/mol. The van der Waals surface area contributed by atoms with E-state index >= 15 is 0 Å². The Morgan fingerprint density at radius 3 is 1.42 bits per heavy atom. The Morgan fingerprint density at radius 2 is 1.06 bits per heavy atom. The van der Waals surface area contributed by atoms with Crippen molar-refractivity contribution in [1.82, 2.24) is 0 Å². The number of halogens is 2. The molecule has 4 saturated carbocycles. The van der Waals surface area contributed by atoms with Crippen LogP contribution in [0.4, 0.5) is 0 Å². The maximum atomic E-state index is 3.72. The summed E-state index contributed by atoms with van der Waals surface area (Å²) in [6, 6.07) is 37.3. The zero-order chi connectivity index (χ0) is 36.0. The Morgan fingerprint density at radius 1 is 0.642 bits per heavy atom. The standard InChI is InChI=1S/C21H25.C16H21.C13H10.2ClH.Zr/c1-20(2,3)16-7-9-18-14(12-16)11-15-13-17(21(4,5)6)8-10-19(15)18;1-11-2-3-15(4-11)16-8-12-5-13(9-16)7-14(6-12)10-16;1-3-7-12(8-4-1)11-13-9-5-2-6-10-13;;;/h7-13H,1-6H3;2-3,11-14H,5-10H2,1H3;1-10H;2*1H;/q2*-1;;;;+2/p-2. The normalized spacial score (nSPS) is 24.0. The van der Waals surface area contributed by atoms with Gasteiger partial charge in [-0.15, -0.1) is 39.7 Å². The molecule has 5 aromatic rings. The van der Waals surface area contributed by atoms with Gasteiger partial charge in [0.15, 0.2) is 0 Å². The van der Waals surface area contributed by atoms with Gasteiger partial charge in [0.05, 0.1) is 0 Å². The number of benzene rings is 4. The molecule has 0 radical (unpaired) electrons. The van der Waals surface area contributed by atoms with Gasteiger partial charge in [-0.3, -0.25) is 6.08 Å². The van der Waals surface area contributed by atoms with E-state index in [-0.39, 0.29) is 35.6 Å². The minimum atomic E-state index is 0. The van der Waals surface area contributed by atoms with Gasteiger partial charge in [-0.25, -0.2) is 11.6 Å². The summed E-state index contributed by atoms with van der Waals surface area (Å²) in [7, 11) is 0. The van der Waals surface area contributed by atoms with Crippen molar-refractivity contribution in [2.24, 2.45) is 29.1 Å². The van der Waals surface area contributed by atoms with Crippen LogP contribution in [0.5, 0.6) is 0 Å². The minimum absolute atomic E-state index is 0. The third kappa shape index (κ3) is 9.34. The molecule has 5 aliphatic carbocycles. The summed E-state index contributed by atoms with van der Waals surface area (Å²) in [5.74, 6) is 3.75. The van der Waals surface area contributed by atoms with Crippen LogP contribution in [0.2, 0.25) is 0 Å². The van der Waals surface area contributed by atoms with Crippen LogP contribution in [0.1, 0.15) is 109 Å². The van der Waals surface area contributed by atoms with E-state index in [4.69, 9.17) is 0 Å². The average Bonchev–Trinajstić information content (AvgIpc) is 3.71. The van der Waals surface area contributed by atoms with Gasteiger partial charge in [0.1, 0.15) is 0 Å². The second-order valence-electron chi connectivity index (χ2n) is 18.3. The van der Waals surface area contributed by atoms with Crippen molar-refractivity contribution in [3.8, 4) is 0 Å². The molecule has 1 atom stereocenters. The zero-order valence-electron chi connectivity index (χ0n) is 32.8. The molecule has 0 aliphatic heterocycles. The number of rotatable bonds is 3. The Balaban J connectivity index is 0.000000154. The first-order valence-electron chi connectivity index (χ1n) is 19.4. The van der Waals surface area contributed by atoms with Crippen LogP contribution in [0.25, 0.3) is 21.5 Å². The first-order chi connectivity index (χ1) is 24.3. The van der Waals surface area contributed by atoms with Crippen LogP contribution in [-0.2, 0) is 35.1 Å². The summed E-state index contributed by atoms with van der Waals surface area (Å²) < 4.78 is 1.42. The topological polar surface area (TPSA) is 0 Å². The molecule has 5 aliphatic rings. The number of fused-ring (bicyclic) bond motifs is 3. The second kappa shape index (κ2) is 16.7. The van der Waals surface area contributed by atoms with Crippen molar-refractivity contribution >= 4 is 24.8 Å². The molecule has 0 saturated heterocycles. The van der Waals surface area contributed by atoms with Crippen molar-refractivity contribution in [3.05, 3.63) is 149 Å². The van der Waals surface area contributed by atoms with Crippen LogP contribution < -0.4 is 24.8 Å². The fourth-order valence-corrected chi connectivity index (χ4v) is 10.5. The van der Waals surface area contributed by atoms with Crippen molar-refractivity contribution < 1.29 is 49.0 Å². The third-order valence-corrected chi connectivity index (χ3v) is 13.5. The summed E-state index contributed by atoms with van der Waals surface area (Å²) in [5, 5.41) is 5.48. The predicted octanol–water partition coefficient (Wildman–Crippen LogP) is 7.26. The molecule has 53 heavy (non-hydrogen) atoms. The number of hydrogen-bond donors (Lipinski definition) is 0. The van der Waals surface area contributed by atoms with Gasteiger partial charge in [-0.2, -0.15) is 6.08 Å². The first kappa shape index (κ1) is 41.7. The summed E-state index contributed by atoms with van der Waals surface area (Å²) >= 11 is 1.46. The Bertz CT molecular complexity index is 1920. The molecule has 10 rings (SSSR count). The summed E-state index contributed by atoms with van der Waals surface area (Å²) in [6.07, 6.45) is 17.6.